The highest BCUT2D eigenvalue weighted by Gasteiger charge is 2.01. The zero-order chi connectivity index (χ0) is 13.2. The van der Waals surface area contributed by atoms with Gasteiger partial charge >= 0.3 is 0 Å². The Labute approximate surface area is 107 Å². The molecule has 1 aromatic rings. The fraction of sp³-hybridized carbons (Fsp3) is 0.286. The first-order chi connectivity index (χ1) is 8.76. The van der Waals surface area contributed by atoms with Gasteiger partial charge in [-0.25, -0.2) is 0 Å². The van der Waals surface area contributed by atoms with E-state index in [0.29, 0.717) is 30.9 Å². The third-order valence-electron chi connectivity index (χ3n) is 2.22. The fourth-order valence-electron chi connectivity index (χ4n) is 1.26. The smallest absolute Gasteiger partial charge is 0.226 e. The summed E-state index contributed by atoms with van der Waals surface area (Å²) in [4.78, 5) is 11.5. The van der Waals surface area contributed by atoms with Gasteiger partial charge in [0.25, 0.3) is 0 Å². The molecule has 0 spiro atoms. The summed E-state index contributed by atoms with van der Waals surface area (Å²) in [5, 5.41) is 11.4. The van der Waals surface area contributed by atoms with Gasteiger partial charge in [0.2, 0.25) is 5.91 Å². The molecule has 0 saturated carbocycles. The van der Waals surface area contributed by atoms with Crippen molar-refractivity contribution in [2.45, 2.75) is 13.3 Å². The van der Waals surface area contributed by atoms with Gasteiger partial charge in [0.15, 0.2) is 0 Å². The third kappa shape index (κ3) is 5.28. The van der Waals surface area contributed by atoms with Gasteiger partial charge in [0.1, 0.15) is 0 Å². The molecule has 0 fully saturated rings. The number of ether oxygens (including phenoxy) is 1. The van der Waals surface area contributed by atoms with Crippen molar-refractivity contribution in [3.8, 4) is 6.07 Å². The molecule has 1 N–H and O–H groups in total. The van der Waals surface area contributed by atoms with E-state index in [4.69, 9.17) is 10.00 Å². The lowest BCUT2D eigenvalue weighted by molar-refractivity contribution is -0.117. The Hall–Kier alpha value is -2.12. The number of allylic oxidation sites excluding steroid dienone is 1. The molecular weight excluding hydrogens is 228 g/mol. The maximum Gasteiger partial charge on any atom is 0.226 e. The Kier molecular flexibility index (Phi) is 6.23. The zero-order valence-corrected chi connectivity index (χ0v) is 10.3. The minimum Gasteiger partial charge on any atom is -0.377 e. The van der Waals surface area contributed by atoms with Crippen molar-refractivity contribution in [3.63, 3.8) is 0 Å². The maximum absolute atomic E-state index is 11.5. The molecule has 0 aliphatic rings. The van der Waals surface area contributed by atoms with E-state index in [9.17, 15) is 4.79 Å². The fourth-order valence-corrected chi connectivity index (χ4v) is 1.26. The van der Waals surface area contributed by atoms with Crippen molar-refractivity contribution in [2.24, 2.45) is 0 Å². The van der Waals surface area contributed by atoms with Gasteiger partial charge in [-0.05, 0) is 31.2 Å². The number of hydrogen-bond acceptors (Lipinski definition) is 3. The van der Waals surface area contributed by atoms with Crippen LogP contribution >= 0.6 is 0 Å². The van der Waals surface area contributed by atoms with E-state index in [1.165, 1.54) is 0 Å². The van der Waals surface area contributed by atoms with Gasteiger partial charge in [-0.2, -0.15) is 5.26 Å². The van der Waals surface area contributed by atoms with E-state index < -0.39 is 0 Å². The molecule has 1 aromatic carbocycles. The Bertz CT molecular complexity index is 444. The minimum absolute atomic E-state index is 0.0971. The summed E-state index contributed by atoms with van der Waals surface area (Å²) < 4.78 is 5.23. The number of anilines is 1. The van der Waals surface area contributed by atoms with Crippen molar-refractivity contribution in [2.75, 3.05) is 18.5 Å². The number of benzene rings is 1. The lowest BCUT2D eigenvalue weighted by Gasteiger charge is -2.05. The number of nitriles is 1. The van der Waals surface area contributed by atoms with Crippen LogP contribution in [0.4, 0.5) is 5.69 Å². The van der Waals surface area contributed by atoms with Crippen LogP contribution in [0.5, 0.6) is 0 Å². The Morgan fingerprint density at radius 1 is 1.44 bits per heavy atom. The number of carbonyl (C=O) groups excluding carboxylic acids is 1. The van der Waals surface area contributed by atoms with Crippen molar-refractivity contribution in [1.82, 2.24) is 0 Å². The first-order valence-corrected chi connectivity index (χ1v) is 5.75. The van der Waals surface area contributed by atoms with E-state index in [0.717, 1.165) is 0 Å². The molecule has 18 heavy (non-hydrogen) atoms. The summed E-state index contributed by atoms with van der Waals surface area (Å²) in [6.07, 6.45) is 4.10. The van der Waals surface area contributed by atoms with E-state index in [1.54, 1.807) is 24.3 Å². The number of rotatable bonds is 6. The van der Waals surface area contributed by atoms with Gasteiger partial charge in [0, 0.05) is 5.69 Å². The van der Waals surface area contributed by atoms with Gasteiger partial charge in [-0.15, -0.1) is 0 Å². The molecule has 94 valence electrons. The summed E-state index contributed by atoms with van der Waals surface area (Å²) >= 11 is 0. The van der Waals surface area contributed by atoms with Crippen LogP contribution < -0.4 is 5.32 Å². The second kappa shape index (κ2) is 8.04. The van der Waals surface area contributed by atoms with Crippen molar-refractivity contribution in [3.05, 3.63) is 42.0 Å². The second-order valence-corrected chi connectivity index (χ2v) is 3.63. The average Bonchev–Trinajstić information content (AvgIpc) is 2.39. The number of hydrogen-bond donors (Lipinski definition) is 1. The molecule has 1 rings (SSSR count). The standard InChI is InChI=1S/C14H16N2O2/c1-2-3-9-18-10-8-14(17)16-13-6-4-12(11-15)5-7-13/h2-7H,8-10H2,1H3,(H,16,17). The quantitative estimate of drug-likeness (QED) is 0.617. The van der Waals surface area contributed by atoms with Gasteiger partial charge in [-0.1, -0.05) is 12.2 Å². The summed E-state index contributed by atoms with van der Waals surface area (Å²) in [6, 6.07) is 8.76. The molecular formula is C14H16N2O2. The topological polar surface area (TPSA) is 62.1 Å². The van der Waals surface area contributed by atoms with E-state index in [2.05, 4.69) is 5.32 Å². The Morgan fingerprint density at radius 2 is 2.17 bits per heavy atom. The number of nitrogens with one attached hydrogen (secondary N) is 1. The lowest BCUT2D eigenvalue weighted by atomic mass is 10.2. The van der Waals surface area contributed by atoms with Crippen LogP contribution in [0.3, 0.4) is 0 Å². The van der Waals surface area contributed by atoms with Crippen LogP contribution in [-0.2, 0) is 9.53 Å². The molecule has 0 aromatic heterocycles. The van der Waals surface area contributed by atoms with E-state index in [-0.39, 0.29) is 5.91 Å². The normalized spacial score (nSPS) is 10.2. The first-order valence-electron chi connectivity index (χ1n) is 5.75. The molecule has 0 heterocycles. The summed E-state index contributed by atoms with van der Waals surface area (Å²) in [5.74, 6) is -0.0971. The summed E-state index contributed by atoms with van der Waals surface area (Å²) in [6.45, 7) is 2.84. The third-order valence-corrected chi connectivity index (χ3v) is 2.22. The van der Waals surface area contributed by atoms with Crippen LogP contribution in [0.25, 0.3) is 0 Å². The maximum atomic E-state index is 11.5. The Balaban J connectivity index is 2.29. The minimum atomic E-state index is -0.0971. The highest BCUT2D eigenvalue weighted by atomic mass is 16.5. The number of nitrogens with zero attached hydrogens (tertiary/aromatic N) is 1. The van der Waals surface area contributed by atoms with Crippen molar-refractivity contribution < 1.29 is 9.53 Å². The molecule has 0 aliphatic heterocycles. The molecule has 0 saturated heterocycles. The van der Waals surface area contributed by atoms with Gasteiger partial charge in [0.05, 0.1) is 31.3 Å². The predicted molar refractivity (Wildman–Crippen MR) is 70.0 cm³/mol. The molecule has 0 unspecified atom stereocenters. The molecule has 1 amide bonds. The van der Waals surface area contributed by atoms with Gasteiger partial charge < -0.3 is 10.1 Å². The molecule has 0 aliphatic carbocycles. The molecule has 0 radical (unpaired) electrons. The lowest BCUT2D eigenvalue weighted by Crippen LogP contribution is -2.14. The predicted octanol–water partition coefficient (Wildman–Crippen LogP) is 2.48. The van der Waals surface area contributed by atoms with Crippen LogP contribution in [0.2, 0.25) is 0 Å². The summed E-state index contributed by atoms with van der Waals surface area (Å²) in [5.41, 5.74) is 1.26. The molecule has 4 heteroatoms. The van der Waals surface area contributed by atoms with Gasteiger partial charge in [-0.3, -0.25) is 4.79 Å². The molecule has 4 nitrogen and oxygen atoms in total. The van der Waals surface area contributed by atoms with Crippen LogP contribution in [0.15, 0.2) is 36.4 Å². The summed E-state index contributed by atoms with van der Waals surface area (Å²) in [7, 11) is 0. The monoisotopic (exact) mass is 244 g/mol. The molecule has 0 bridgehead atoms. The first kappa shape index (κ1) is 13.9. The van der Waals surface area contributed by atoms with Crippen LogP contribution in [0.1, 0.15) is 18.9 Å². The largest absolute Gasteiger partial charge is 0.377 e. The zero-order valence-electron chi connectivity index (χ0n) is 10.3. The second-order valence-electron chi connectivity index (χ2n) is 3.63. The van der Waals surface area contributed by atoms with E-state index >= 15 is 0 Å². The SMILES string of the molecule is CC=CCOCCC(=O)Nc1ccc(C#N)cc1. The Morgan fingerprint density at radius 3 is 2.78 bits per heavy atom. The highest BCUT2D eigenvalue weighted by molar-refractivity contribution is 5.90. The highest BCUT2D eigenvalue weighted by Crippen LogP contribution is 2.08. The number of carbonyl (C=O) groups is 1. The van der Waals surface area contributed by atoms with Crippen molar-refractivity contribution in [1.29, 1.82) is 5.26 Å². The van der Waals surface area contributed by atoms with Crippen LogP contribution in [0, 0.1) is 11.3 Å². The van der Waals surface area contributed by atoms with E-state index in [1.807, 2.05) is 25.1 Å². The molecule has 0 atom stereocenters. The van der Waals surface area contributed by atoms with Crippen molar-refractivity contribution >= 4 is 11.6 Å². The number of amides is 1. The average molecular weight is 244 g/mol. The van der Waals surface area contributed by atoms with Crippen LogP contribution in [-0.4, -0.2) is 19.1 Å².